The third-order valence-electron chi connectivity index (χ3n) is 3.17. The minimum Gasteiger partial charge on any atom is -0.481 e. The number of aliphatic carboxylic acids is 1. The van der Waals surface area contributed by atoms with Gasteiger partial charge in [-0.2, -0.15) is 4.31 Å². The summed E-state index contributed by atoms with van der Waals surface area (Å²) in [6.07, 6.45) is -0.469. The molecule has 9 heteroatoms. The van der Waals surface area contributed by atoms with Gasteiger partial charge in [-0.05, 0) is 20.8 Å². The fraction of sp³-hybridized carbons (Fsp3) is 0.846. The third-order valence-corrected chi connectivity index (χ3v) is 5.24. The molecule has 1 fully saturated rings. The predicted octanol–water partition coefficient (Wildman–Crippen LogP) is 0.590. The fourth-order valence-electron chi connectivity index (χ4n) is 1.97. The molecule has 8 nitrogen and oxygen atoms in total. The lowest BCUT2D eigenvalue weighted by Crippen LogP contribution is -2.52. The summed E-state index contributed by atoms with van der Waals surface area (Å²) in [6, 6.07) is 0. The van der Waals surface area contributed by atoms with Crippen molar-refractivity contribution in [1.82, 2.24) is 9.21 Å². The first kappa shape index (κ1) is 18.7. The number of carboxylic acids is 1. The minimum absolute atomic E-state index is 0.147. The third kappa shape index (κ3) is 5.45. The number of ether oxygens (including phenoxy) is 1. The van der Waals surface area contributed by atoms with Crippen molar-refractivity contribution in [2.45, 2.75) is 33.3 Å². The van der Waals surface area contributed by atoms with Crippen molar-refractivity contribution in [3.05, 3.63) is 0 Å². The van der Waals surface area contributed by atoms with Gasteiger partial charge in [-0.1, -0.05) is 6.92 Å². The maximum atomic E-state index is 12.1. The Morgan fingerprint density at radius 2 is 1.68 bits per heavy atom. The molecule has 1 aliphatic rings. The summed E-state index contributed by atoms with van der Waals surface area (Å²) in [5.74, 6) is -2.54. The standard InChI is InChI=1S/C13H24N2O6S/c1-10(11(16)17)9-22(19,20)15-7-5-14(6-8-15)12(18)21-13(2,3)4/h10H,5-9H2,1-4H3,(H,16,17)/t10-/m0/s1. The lowest BCUT2D eigenvalue weighted by Gasteiger charge is -2.35. The van der Waals surface area contributed by atoms with Gasteiger partial charge in [0, 0.05) is 26.2 Å². The molecule has 0 unspecified atom stereocenters. The van der Waals surface area contributed by atoms with Crippen LogP contribution in [0.25, 0.3) is 0 Å². The number of nitrogens with zero attached hydrogens (tertiary/aromatic N) is 2. The van der Waals surface area contributed by atoms with E-state index in [1.54, 1.807) is 20.8 Å². The van der Waals surface area contributed by atoms with E-state index in [0.717, 1.165) is 0 Å². The molecule has 0 aromatic carbocycles. The number of sulfonamides is 1. The minimum atomic E-state index is -3.64. The maximum absolute atomic E-state index is 12.1. The molecule has 1 atom stereocenters. The van der Waals surface area contributed by atoms with Crippen LogP contribution in [0.3, 0.4) is 0 Å². The maximum Gasteiger partial charge on any atom is 0.410 e. The molecule has 1 rings (SSSR count). The second-order valence-electron chi connectivity index (χ2n) is 6.38. The molecule has 0 aromatic heterocycles. The zero-order valence-corrected chi connectivity index (χ0v) is 14.2. The van der Waals surface area contributed by atoms with Crippen molar-refractivity contribution < 1.29 is 27.9 Å². The van der Waals surface area contributed by atoms with Crippen LogP contribution in [0.5, 0.6) is 0 Å². The number of amides is 1. The van der Waals surface area contributed by atoms with Gasteiger partial charge in [-0.15, -0.1) is 0 Å². The van der Waals surface area contributed by atoms with Crippen molar-refractivity contribution >= 4 is 22.1 Å². The van der Waals surface area contributed by atoms with Crippen LogP contribution in [0, 0.1) is 5.92 Å². The Morgan fingerprint density at radius 3 is 2.09 bits per heavy atom. The average molecular weight is 336 g/mol. The number of rotatable bonds is 4. The van der Waals surface area contributed by atoms with Crippen LogP contribution in [0.4, 0.5) is 4.79 Å². The normalized spacial score (nSPS) is 18.8. The lowest BCUT2D eigenvalue weighted by molar-refractivity contribution is -0.140. The molecule has 0 saturated carbocycles. The number of hydrogen-bond acceptors (Lipinski definition) is 5. The summed E-state index contributed by atoms with van der Waals surface area (Å²) < 4.78 is 30.7. The van der Waals surface area contributed by atoms with E-state index in [2.05, 4.69) is 0 Å². The van der Waals surface area contributed by atoms with E-state index in [-0.39, 0.29) is 26.2 Å². The van der Waals surface area contributed by atoms with Gasteiger partial charge in [0.1, 0.15) is 5.60 Å². The van der Waals surface area contributed by atoms with Gasteiger partial charge in [0.05, 0.1) is 11.7 Å². The van der Waals surface area contributed by atoms with Gasteiger partial charge in [0.25, 0.3) is 0 Å². The van der Waals surface area contributed by atoms with Crippen molar-refractivity contribution in [1.29, 1.82) is 0 Å². The summed E-state index contributed by atoms with van der Waals surface area (Å²) in [5, 5.41) is 8.81. The van der Waals surface area contributed by atoms with Crippen molar-refractivity contribution in [2.24, 2.45) is 5.92 Å². The molecular formula is C13H24N2O6S. The van der Waals surface area contributed by atoms with Crippen LogP contribution in [-0.4, -0.2) is 72.3 Å². The van der Waals surface area contributed by atoms with Gasteiger partial charge in [-0.3, -0.25) is 4.79 Å². The smallest absolute Gasteiger partial charge is 0.410 e. The number of carbonyl (C=O) groups excluding carboxylic acids is 1. The SMILES string of the molecule is C[C@@H](CS(=O)(=O)N1CCN(C(=O)OC(C)(C)C)CC1)C(=O)O. The second kappa shape index (κ2) is 6.82. The van der Waals surface area contributed by atoms with Gasteiger partial charge in [0.2, 0.25) is 10.0 Å². The molecule has 1 heterocycles. The molecule has 22 heavy (non-hydrogen) atoms. The first-order valence-electron chi connectivity index (χ1n) is 7.11. The zero-order chi connectivity index (χ0) is 17.1. The first-order chi connectivity index (χ1) is 9.92. The van der Waals surface area contributed by atoms with Gasteiger partial charge in [0.15, 0.2) is 0 Å². The summed E-state index contributed by atoms with van der Waals surface area (Å²) in [6.45, 7) is 7.40. The average Bonchev–Trinajstić information content (AvgIpc) is 2.36. The van der Waals surface area contributed by atoms with Gasteiger partial charge >= 0.3 is 12.1 Å². The molecule has 1 amide bonds. The van der Waals surface area contributed by atoms with E-state index in [1.165, 1.54) is 16.1 Å². The number of piperazine rings is 1. The fourth-order valence-corrected chi connectivity index (χ4v) is 3.67. The van der Waals surface area contributed by atoms with E-state index >= 15 is 0 Å². The Hall–Kier alpha value is -1.35. The highest BCUT2D eigenvalue weighted by Gasteiger charge is 2.32. The van der Waals surface area contributed by atoms with Gasteiger partial charge in [-0.25, -0.2) is 13.2 Å². The topological polar surface area (TPSA) is 104 Å². The monoisotopic (exact) mass is 336 g/mol. The molecule has 0 spiro atoms. The molecule has 1 aliphatic heterocycles. The van der Waals surface area contributed by atoms with Crippen molar-refractivity contribution in [3.63, 3.8) is 0 Å². The molecule has 1 N–H and O–H groups in total. The number of carbonyl (C=O) groups is 2. The highest BCUT2D eigenvalue weighted by atomic mass is 32.2. The van der Waals surface area contributed by atoms with E-state index in [0.29, 0.717) is 0 Å². The van der Waals surface area contributed by atoms with Crippen molar-refractivity contribution in [3.8, 4) is 0 Å². The Bertz CT molecular complexity index is 517. The quantitative estimate of drug-likeness (QED) is 0.806. The molecular weight excluding hydrogens is 312 g/mol. The Morgan fingerprint density at radius 1 is 1.18 bits per heavy atom. The summed E-state index contributed by atoms with van der Waals surface area (Å²) in [7, 11) is -3.64. The van der Waals surface area contributed by atoms with Gasteiger partial charge < -0.3 is 14.7 Å². The van der Waals surface area contributed by atoms with Crippen LogP contribution >= 0.6 is 0 Å². The summed E-state index contributed by atoms with van der Waals surface area (Å²) in [4.78, 5) is 24.1. The largest absolute Gasteiger partial charge is 0.481 e. The van der Waals surface area contributed by atoms with Crippen LogP contribution in [-0.2, 0) is 19.6 Å². The molecule has 0 aromatic rings. The summed E-state index contributed by atoms with van der Waals surface area (Å²) in [5.41, 5.74) is -0.600. The number of carboxylic acid groups (broad SMARTS) is 1. The van der Waals surface area contributed by atoms with Crippen LogP contribution in [0.2, 0.25) is 0 Å². The van der Waals surface area contributed by atoms with E-state index < -0.39 is 39.4 Å². The Labute approximate surface area is 131 Å². The highest BCUT2D eigenvalue weighted by Crippen LogP contribution is 2.15. The van der Waals surface area contributed by atoms with E-state index in [4.69, 9.17) is 9.84 Å². The Kier molecular flexibility index (Phi) is 5.80. The molecule has 0 bridgehead atoms. The first-order valence-corrected chi connectivity index (χ1v) is 8.72. The molecule has 1 saturated heterocycles. The molecule has 0 radical (unpaired) electrons. The second-order valence-corrected chi connectivity index (χ2v) is 8.40. The molecule has 0 aliphatic carbocycles. The Balaban J connectivity index is 2.58. The van der Waals surface area contributed by atoms with Crippen LogP contribution in [0.1, 0.15) is 27.7 Å². The van der Waals surface area contributed by atoms with E-state index in [9.17, 15) is 18.0 Å². The van der Waals surface area contributed by atoms with Crippen LogP contribution in [0.15, 0.2) is 0 Å². The summed E-state index contributed by atoms with van der Waals surface area (Å²) >= 11 is 0. The van der Waals surface area contributed by atoms with Crippen molar-refractivity contribution in [2.75, 3.05) is 31.9 Å². The highest BCUT2D eigenvalue weighted by molar-refractivity contribution is 7.89. The lowest BCUT2D eigenvalue weighted by atomic mass is 10.2. The molecule has 128 valence electrons. The predicted molar refractivity (Wildman–Crippen MR) is 80.0 cm³/mol. The zero-order valence-electron chi connectivity index (χ0n) is 13.4. The number of hydrogen-bond donors (Lipinski definition) is 1. The van der Waals surface area contributed by atoms with Crippen LogP contribution < -0.4 is 0 Å². The van der Waals surface area contributed by atoms with E-state index in [1.807, 2.05) is 0 Å².